The third kappa shape index (κ3) is 1.42. The van der Waals surface area contributed by atoms with Crippen molar-refractivity contribution in [1.29, 1.82) is 0 Å². The lowest BCUT2D eigenvalue weighted by Gasteiger charge is -1.87. The summed E-state index contributed by atoms with van der Waals surface area (Å²) in [6.45, 7) is 0. The highest BCUT2D eigenvalue weighted by Crippen LogP contribution is 1.74. The molecule has 0 nitrogen and oxygen atoms in total. The van der Waals surface area contributed by atoms with E-state index in [1.807, 2.05) is 0 Å². The Morgan fingerprint density at radius 2 is 1.67 bits per heavy atom. The van der Waals surface area contributed by atoms with Crippen LogP contribution in [0.3, 0.4) is 0 Å². The summed E-state index contributed by atoms with van der Waals surface area (Å²) in [4.78, 5) is 0. The van der Waals surface area contributed by atoms with Gasteiger partial charge in [0, 0.05) is 0 Å². The Kier molecular flexibility index (Phi) is 2.33. The van der Waals surface area contributed by atoms with E-state index < -0.39 is 0 Å². The van der Waals surface area contributed by atoms with Crippen LogP contribution < -0.4 is 0 Å². The molecule has 1 aliphatic heterocycles. The van der Waals surface area contributed by atoms with Gasteiger partial charge < -0.3 is 0 Å². The standard InChI is InChI=1S/H12Si6/c1-6-4-2-3-5-6/h6H,2-5H2,1H3. The molecule has 1 saturated heterocycles. The van der Waals surface area contributed by atoms with Crippen molar-refractivity contribution in [3.8, 4) is 0 Å². The Hall–Kier alpha value is 1.30. The minimum Gasteiger partial charge on any atom is -0.0115 e. The first kappa shape index (κ1) is 5.44. The molecule has 0 radical (unpaired) electrons. The Balaban J connectivity index is 2.18. The molecule has 1 aliphatic rings. The molecule has 0 bridgehead atoms. The predicted octanol–water partition coefficient (Wildman–Crippen LogP) is -5.50. The van der Waals surface area contributed by atoms with Crippen LogP contribution in [0.15, 0.2) is 0 Å². The normalized spacial score (nSPS) is 51.0. The molecule has 0 aliphatic carbocycles. The van der Waals surface area contributed by atoms with Gasteiger partial charge in [0.05, 0.1) is 0 Å². The highest BCUT2D eigenvalue weighted by molar-refractivity contribution is 7.87. The summed E-state index contributed by atoms with van der Waals surface area (Å²) in [5, 5.41) is 0. The summed E-state index contributed by atoms with van der Waals surface area (Å²) in [5.74, 6) is 0. The van der Waals surface area contributed by atoms with Crippen molar-refractivity contribution >= 4 is 51.3 Å². The molecule has 0 atom stereocenters. The lowest BCUT2D eigenvalue weighted by atomic mass is 26.2. The monoisotopic (exact) mass is 180 g/mol. The average Bonchev–Trinajstić information content (AvgIpc) is 1.86. The Morgan fingerprint density at radius 1 is 1.17 bits per heavy atom. The Labute approximate surface area is 51.5 Å². The first-order valence-electron chi connectivity index (χ1n) is 2.89. The molecular weight excluding hydrogens is 169 g/mol. The third-order valence-corrected chi connectivity index (χ3v) is 133. The van der Waals surface area contributed by atoms with Crippen molar-refractivity contribution in [2.75, 3.05) is 0 Å². The third-order valence-electron chi connectivity index (χ3n) is 1.64. The van der Waals surface area contributed by atoms with Gasteiger partial charge in [-0.15, -0.1) is 0 Å². The topological polar surface area (TPSA) is 0 Å². The molecule has 1 heterocycles. The molecule has 0 amide bonds. The fourth-order valence-corrected chi connectivity index (χ4v) is 275. The molecule has 0 aromatic rings. The van der Waals surface area contributed by atoms with Gasteiger partial charge in [0.1, 0.15) is 0 Å². The van der Waals surface area contributed by atoms with E-state index in [2.05, 4.69) is 0 Å². The van der Waals surface area contributed by atoms with Crippen LogP contribution in [-0.2, 0) is 0 Å². The second-order valence-corrected chi connectivity index (χ2v) is 64.5. The van der Waals surface area contributed by atoms with Gasteiger partial charge in [0.15, 0.2) is 0 Å². The van der Waals surface area contributed by atoms with E-state index in [0.29, 0.717) is 7.35 Å². The van der Waals surface area contributed by atoms with E-state index in [1.54, 1.807) is 9.76 Å². The highest BCUT2D eigenvalue weighted by Gasteiger charge is 2.11. The molecule has 0 aromatic heterocycles. The molecule has 36 valence electrons. The Bertz CT molecular complexity index is 33.3. The zero-order chi connectivity index (χ0) is 4.41. The van der Waals surface area contributed by atoms with Gasteiger partial charge in [-0.3, -0.25) is 0 Å². The van der Waals surface area contributed by atoms with Crippen LogP contribution >= 0.6 is 0 Å². The summed E-state index contributed by atoms with van der Waals surface area (Å²) >= 11 is 0. The van der Waals surface area contributed by atoms with Crippen LogP contribution in [0.1, 0.15) is 0 Å². The molecule has 0 unspecified atom stereocenters. The second-order valence-electron chi connectivity index (χ2n) is 2.39. The van der Waals surface area contributed by atoms with Crippen molar-refractivity contribution < 1.29 is 0 Å². The lowest BCUT2D eigenvalue weighted by molar-refractivity contribution is 3.89. The number of hydrogen-bond acceptors (Lipinski definition) is 0. The van der Waals surface area contributed by atoms with Gasteiger partial charge in [-0.1, -0.05) is 0 Å². The minimum absolute atomic E-state index is 0.491. The maximum atomic E-state index is 1.78. The molecule has 0 N–H and O–H groups in total. The fourth-order valence-electron chi connectivity index (χ4n) is 1.13. The first-order chi connectivity index (χ1) is 2.89. The summed E-state index contributed by atoms with van der Waals surface area (Å²) in [7, 11) is 6.00. The maximum absolute atomic E-state index is 1.78. The van der Waals surface area contributed by atoms with Gasteiger partial charge >= 0.3 is 0 Å². The molecule has 6 heavy (non-hydrogen) atoms. The van der Waals surface area contributed by atoms with Crippen LogP contribution in [0.5, 0.6) is 0 Å². The van der Waals surface area contributed by atoms with Gasteiger partial charge in [-0.05, 0) is 51.3 Å². The smallest absolute Gasteiger partial charge is 0.00747 e. The lowest BCUT2D eigenvalue weighted by Crippen LogP contribution is -2.24. The first-order valence-corrected chi connectivity index (χ1v) is 26.0. The van der Waals surface area contributed by atoms with E-state index in [0.717, 1.165) is 34.2 Å². The molecular formula is H12Si6. The van der Waals surface area contributed by atoms with E-state index >= 15 is 0 Å². The van der Waals surface area contributed by atoms with Crippen molar-refractivity contribution in [3.05, 3.63) is 0 Å². The van der Waals surface area contributed by atoms with Gasteiger partial charge in [0.25, 0.3) is 0 Å². The van der Waals surface area contributed by atoms with Crippen molar-refractivity contribution in [1.82, 2.24) is 0 Å². The minimum atomic E-state index is 0.491. The van der Waals surface area contributed by atoms with Crippen LogP contribution in [0.4, 0.5) is 0 Å². The van der Waals surface area contributed by atoms with E-state index in [1.165, 1.54) is 0 Å². The quantitative estimate of drug-likeness (QED) is 0.327. The van der Waals surface area contributed by atoms with Crippen molar-refractivity contribution in [3.63, 3.8) is 0 Å². The summed E-state index contributed by atoms with van der Waals surface area (Å²) in [5.41, 5.74) is 0. The SMILES string of the molecule is [SiH3][SiH]1[SiH2][SiH2][SiH2][SiH2]1. The van der Waals surface area contributed by atoms with Gasteiger partial charge in [-0.25, -0.2) is 0 Å². The van der Waals surface area contributed by atoms with Crippen LogP contribution in [0.25, 0.3) is 0 Å². The molecule has 6 heteroatoms. The summed E-state index contributed by atoms with van der Waals surface area (Å²) in [6.07, 6.45) is 0. The van der Waals surface area contributed by atoms with Gasteiger partial charge in [-0.2, -0.15) is 0 Å². The number of hydrogen-bond donors (Lipinski definition) is 0. The molecule has 0 saturated carbocycles. The molecule has 1 fully saturated rings. The largest absolute Gasteiger partial charge is 0.0115 e. The Morgan fingerprint density at radius 3 is 1.83 bits per heavy atom. The van der Waals surface area contributed by atoms with E-state index in [9.17, 15) is 0 Å². The molecule has 1 rings (SSSR count). The summed E-state index contributed by atoms with van der Waals surface area (Å²) in [6, 6.07) is 0. The molecule has 0 spiro atoms. The fraction of sp³-hybridized carbons (Fsp3) is 0. The summed E-state index contributed by atoms with van der Waals surface area (Å²) < 4.78 is 0. The van der Waals surface area contributed by atoms with Crippen molar-refractivity contribution in [2.24, 2.45) is 0 Å². The predicted molar refractivity (Wildman–Crippen MR) is 51.3 cm³/mol. The second kappa shape index (κ2) is 2.57. The average molecular weight is 181 g/mol. The van der Waals surface area contributed by atoms with Crippen LogP contribution in [0, 0.1) is 0 Å². The maximum Gasteiger partial charge on any atom is -0.00747 e. The van der Waals surface area contributed by atoms with Crippen molar-refractivity contribution in [2.45, 2.75) is 0 Å². The number of rotatable bonds is 0. The van der Waals surface area contributed by atoms with Gasteiger partial charge in [0.2, 0.25) is 0 Å². The molecule has 0 aromatic carbocycles. The van der Waals surface area contributed by atoms with E-state index in [-0.39, 0.29) is 0 Å². The highest BCUT2D eigenvalue weighted by atomic mass is 30.2. The zero-order valence-corrected chi connectivity index (χ0v) is 13.2. The van der Waals surface area contributed by atoms with E-state index in [4.69, 9.17) is 0 Å². The zero-order valence-electron chi connectivity index (χ0n) is 4.41. The van der Waals surface area contributed by atoms with Crippen LogP contribution in [-0.4, -0.2) is 51.3 Å². The van der Waals surface area contributed by atoms with Crippen LogP contribution in [0.2, 0.25) is 0 Å².